The van der Waals surface area contributed by atoms with Crippen molar-refractivity contribution in [1.82, 2.24) is 9.88 Å². The van der Waals surface area contributed by atoms with Gasteiger partial charge in [-0.05, 0) is 49.2 Å². The fraction of sp³-hybridized carbons (Fsp3) is 0.167. The Bertz CT molecular complexity index is 1260. The van der Waals surface area contributed by atoms with Gasteiger partial charge in [-0.2, -0.15) is 0 Å². The van der Waals surface area contributed by atoms with E-state index < -0.39 is 23.4 Å². The summed E-state index contributed by atoms with van der Waals surface area (Å²) in [5.74, 6) is -2.47. The molecule has 3 N–H and O–H groups in total. The van der Waals surface area contributed by atoms with Gasteiger partial charge >= 0.3 is 0 Å². The van der Waals surface area contributed by atoms with Crippen LogP contribution < -0.4 is 16.1 Å². The van der Waals surface area contributed by atoms with Crippen molar-refractivity contribution >= 4 is 42.5 Å². The quantitative estimate of drug-likeness (QED) is 0.309. The van der Waals surface area contributed by atoms with Crippen LogP contribution in [0.5, 0.6) is 0 Å². The van der Waals surface area contributed by atoms with E-state index in [1.165, 1.54) is 18.2 Å². The molecule has 2 amide bonds. The maximum Gasteiger partial charge on any atom is 0.259 e. The molecule has 3 aromatic rings. The summed E-state index contributed by atoms with van der Waals surface area (Å²) in [6.45, 7) is 1.49. The van der Waals surface area contributed by atoms with E-state index in [1.807, 2.05) is 12.7 Å². The molecule has 2 aromatic carbocycles. The van der Waals surface area contributed by atoms with Crippen LogP contribution in [0.15, 0.2) is 54.7 Å². The zero-order valence-corrected chi connectivity index (χ0v) is 18.5. The molecule has 7 nitrogen and oxygen atoms in total. The van der Waals surface area contributed by atoms with Crippen molar-refractivity contribution in [3.8, 4) is 0 Å². The highest BCUT2D eigenvalue weighted by molar-refractivity contribution is 6.32. The third-order valence-electron chi connectivity index (χ3n) is 5.54. The van der Waals surface area contributed by atoms with Gasteiger partial charge in [0.05, 0.1) is 16.8 Å². The highest BCUT2D eigenvalue weighted by Crippen LogP contribution is 2.21. The van der Waals surface area contributed by atoms with E-state index in [4.69, 9.17) is 5.41 Å². The maximum atomic E-state index is 14.8. The van der Waals surface area contributed by atoms with E-state index in [9.17, 15) is 18.4 Å². The van der Waals surface area contributed by atoms with Gasteiger partial charge in [0.2, 0.25) is 0 Å². The number of anilines is 2. The van der Waals surface area contributed by atoms with Crippen LogP contribution in [0.25, 0.3) is 0 Å². The van der Waals surface area contributed by atoms with Gasteiger partial charge in [0, 0.05) is 24.8 Å². The minimum atomic E-state index is -0.800. The van der Waals surface area contributed by atoms with E-state index >= 15 is 0 Å². The van der Waals surface area contributed by atoms with Gasteiger partial charge in [0.1, 0.15) is 31.1 Å². The topological polar surface area (TPSA) is 98.2 Å². The molecule has 1 aliphatic heterocycles. The van der Waals surface area contributed by atoms with Crippen LogP contribution in [0.2, 0.25) is 0 Å². The monoisotopic (exact) mass is 461 g/mol. The van der Waals surface area contributed by atoms with Crippen molar-refractivity contribution in [1.29, 1.82) is 5.41 Å². The number of nitrogens with zero attached hydrogens (tertiary/aromatic N) is 2. The third kappa shape index (κ3) is 5.11. The van der Waals surface area contributed by atoms with E-state index in [0.29, 0.717) is 5.56 Å². The van der Waals surface area contributed by atoms with Crippen molar-refractivity contribution < 1.29 is 18.4 Å². The number of carbonyl (C=O) groups is 2. The molecular weight excluding hydrogens is 439 g/mol. The number of hydrogen-bond donors (Lipinski definition) is 3. The lowest BCUT2D eigenvalue weighted by Crippen LogP contribution is -2.28. The molecule has 1 saturated heterocycles. The van der Waals surface area contributed by atoms with E-state index in [-0.39, 0.29) is 28.5 Å². The van der Waals surface area contributed by atoms with Gasteiger partial charge in [-0.1, -0.05) is 17.6 Å². The minimum absolute atomic E-state index is 0.0179. The molecule has 0 radical (unpaired) electrons. The SMILES string of the molecule is Bc1ccc(NC(=O)c2cc(F)ccc2NC(=O)c2ccc(C(=N)N3CCCC3)cc2F)nc1. The van der Waals surface area contributed by atoms with Crippen molar-refractivity contribution in [2.45, 2.75) is 12.8 Å². The molecule has 1 fully saturated rings. The van der Waals surface area contributed by atoms with Crippen LogP contribution in [0.3, 0.4) is 0 Å². The molecule has 0 atom stereocenters. The van der Waals surface area contributed by atoms with Crippen molar-refractivity contribution in [2.24, 2.45) is 0 Å². The molecule has 2 heterocycles. The molecule has 4 rings (SSSR count). The number of amides is 2. The smallest absolute Gasteiger partial charge is 0.259 e. The first kappa shape index (κ1) is 23.1. The Kier molecular flexibility index (Phi) is 6.67. The molecule has 0 spiro atoms. The second-order valence-corrected chi connectivity index (χ2v) is 8.06. The summed E-state index contributed by atoms with van der Waals surface area (Å²) in [6, 6.07) is 10.6. The molecular formula is C24H22BF2N5O2. The molecule has 1 aromatic heterocycles. The van der Waals surface area contributed by atoms with E-state index in [1.54, 1.807) is 18.3 Å². The first-order valence-electron chi connectivity index (χ1n) is 10.8. The van der Waals surface area contributed by atoms with Gasteiger partial charge in [-0.3, -0.25) is 15.0 Å². The first-order chi connectivity index (χ1) is 16.3. The molecule has 10 heteroatoms. The largest absolute Gasteiger partial charge is 0.357 e. The zero-order valence-electron chi connectivity index (χ0n) is 18.5. The van der Waals surface area contributed by atoms with Gasteiger partial charge in [0.25, 0.3) is 11.8 Å². The number of benzene rings is 2. The lowest BCUT2D eigenvalue weighted by atomic mass is 9.99. The summed E-state index contributed by atoms with van der Waals surface area (Å²) >= 11 is 0. The number of pyridine rings is 1. The zero-order chi connectivity index (χ0) is 24.2. The number of halogens is 2. The van der Waals surface area contributed by atoms with E-state index in [0.717, 1.165) is 49.6 Å². The lowest BCUT2D eigenvalue weighted by Gasteiger charge is -2.19. The lowest BCUT2D eigenvalue weighted by molar-refractivity contribution is 0.102. The number of aromatic nitrogens is 1. The minimum Gasteiger partial charge on any atom is -0.357 e. The molecule has 0 saturated carbocycles. The van der Waals surface area contributed by atoms with Crippen LogP contribution >= 0.6 is 0 Å². The number of hydrogen-bond acceptors (Lipinski definition) is 4. The Balaban J connectivity index is 1.53. The van der Waals surface area contributed by atoms with Crippen molar-refractivity contribution in [2.75, 3.05) is 23.7 Å². The Morgan fingerprint density at radius 3 is 2.35 bits per heavy atom. The highest BCUT2D eigenvalue weighted by atomic mass is 19.1. The predicted molar refractivity (Wildman–Crippen MR) is 129 cm³/mol. The standard InChI is InChI=1S/C24H22BF2N5O2/c25-15-4-8-21(29-13-15)31-24(34)18-12-16(26)5-7-20(18)30-23(33)17-6-3-14(11-19(17)27)22(28)32-9-1-2-10-32/h3-8,11-13,28H,1-2,9-10,25H2,(H,30,33)(H,29,31,34). The summed E-state index contributed by atoms with van der Waals surface area (Å²) in [6.07, 6.45) is 3.54. The van der Waals surface area contributed by atoms with Crippen LogP contribution in [-0.2, 0) is 0 Å². The van der Waals surface area contributed by atoms with Crippen LogP contribution in [0.1, 0.15) is 39.1 Å². The number of rotatable bonds is 5. The van der Waals surface area contributed by atoms with Gasteiger partial charge in [0.15, 0.2) is 0 Å². The van der Waals surface area contributed by atoms with E-state index in [2.05, 4.69) is 15.6 Å². The average molecular weight is 461 g/mol. The number of carbonyl (C=O) groups excluding carboxylic acids is 2. The second kappa shape index (κ2) is 9.82. The fourth-order valence-corrected chi connectivity index (χ4v) is 3.70. The Morgan fingerprint density at radius 2 is 1.68 bits per heavy atom. The van der Waals surface area contributed by atoms with Crippen LogP contribution in [-0.4, -0.2) is 48.5 Å². The van der Waals surface area contributed by atoms with Crippen LogP contribution in [0, 0.1) is 17.0 Å². The summed E-state index contributed by atoms with van der Waals surface area (Å²) in [5.41, 5.74) is 0.908. The second-order valence-electron chi connectivity index (χ2n) is 8.06. The van der Waals surface area contributed by atoms with Crippen LogP contribution in [0.4, 0.5) is 20.3 Å². The molecule has 0 aliphatic carbocycles. The molecule has 0 unspecified atom stereocenters. The number of nitrogens with one attached hydrogen (secondary N) is 3. The number of amidine groups is 1. The van der Waals surface area contributed by atoms with Crippen molar-refractivity contribution in [3.05, 3.63) is 83.1 Å². The summed E-state index contributed by atoms with van der Waals surface area (Å²) in [7, 11) is 1.85. The summed E-state index contributed by atoms with van der Waals surface area (Å²) in [4.78, 5) is 31.5. The fourth-order valence-electron chi connectivity index (χ4n) is 3.70. The van der Waals surface area contributed by atoms with Gasteiger partial charge in [-0.15, -0.1) is 0 Å². The Labute approximate surface area is 196 Å². The molecule has 0 bridgehead atoms. The Morgan fingerprint density at radius 1 is 0.941 bits per heavy atom. The number of likely N-dealkylation sites (tertiary alicyclic amines) is 1. The first-order valence-corrected chi connectivity index (χ1v) is 10.8. The highest BCUT2D eigenvalue weighted by Gasteiger charge is 2.21. The van der Waals surface area contributed by atoms with Crippen molar-refractivity contribution in [3.63, 3.8) is 0 Å². The third-order valence-corrected chi connectivity index (χ3v) is 5.54. The summed E-state index contributed by atoms with van der Waals surface area (Å²) < 4.78 is 28.6. The van der Waals surface area contributed by atoms with Gasteiger partial charge < -0.3 is 15.5 Å². The molecule has 34 heavy (non-hydrogen) atoms. The Hall–Kier alpha value is -4.08. The predicted octanol–water partition coefficient (Wildman–Crippen LogP) is 2.54. The van der Waals surface area contributed by atoms with Gasteiger partial charge in [-0.25, -0.2) is 13.8 Å². The maximum absolute atomic E-state index is 14.8. The molecule has 172 valence electrons. The average Bonchev–Trinajstić information content (AvgIpc) is 3.36. The summed E-state index contributed by atoms with van der Waals surface area (Å²) in [5, 5.41) is 13.3. The normalized spacial score (nSPS) is 12.9. The molecule has 1 aliphatic rings.